The van der Waals surface area contributed by atoms with E-state index in [9.17, 15) is 48.2 Å². The van der Waals surface area contributed by atoms with Crippen LogP contribution in [0.5, 0.6) is 0 Å². The second-order valence-electron chi connectivity index (χ2n) is 17.2. The highest BCUT2D eigenvalue weighted by molar-refractivity contribution is 9.09. The third kappa shape index (κ3) is 9.16. The monoisotopic (exact) mass is 979 g/mol. The van der Waals surface area contributed by atoms with E-state index in [2.05, 4.69) is 31.9 Å². The van der Waals surface area contributed by atoms with Crippen molar-refractivity contribution in [3.63, 3.8) is 0 Å². The summed E-state index contributed by atoms with van der Waals surface area (Å²) in [6, 6.07) is 5.17. The maximum absolute atomic E-state index is 16.4. The van der Waals surface area contributed by atoms with Crippen molar-refractivity contribution in [3.8, 4) is 0 Å². The molecule has 0 bridgehead atoms. The molecule has 1 aromatic carbocycles. The molecule has 1 saturated heterocycles. The van der Waals surface area contributed by atoms with Crippen LogP contribution in [0, 0.1) is 34.4 Å². The van der Waals surface area contributed by atoms with Gasteiger partial charge in [-0.1, -0.05) is 53.6 Å². The van der Waals surface area contributed by atoms with E-state index in [0.29, 0.717) is 24.1 Å². The normalized spacial score (nSPS) is 31.2. The lowest BCUT2D eigenvalue weighted by Crippen LogP contribution is -2.63. The molecule has 21 heteroatoms. The summed E-state index contributed by atoms with van der Waals surface area (Å²) < 4.78 is 46.0. The molecular formula is C42H48BrFN3O14PS. The number of hydrogen-bond donors (Lipinski definition) is 7. The van der Waals surface area contributed by atoms with Gasteiger partial charge in [0.2, 0.25) is 17.7 Å². The van der Waals surface area contributed by atoms with E-state index in [0.717, 1.165) is 16.9 Å². The number of alkyl halides is 1. The number of carbonyl (C=O) groups is 6. The van der Waals surface area contributed by atoms with Crippen molar-refractivity contribution >= 4 is 76.0 Å². The summed E-state index contributed by atoms with van der Waals surface area (Å²) in [5.74, 6) is -5.27. The fourth-order valence-corrected chi connectivity index (χ4v) is 12.2. The van der Waals surface area contributed by atoms with Crippen molar-refractivity contribution in [3.05, 3.63) is 75.3 Å². The van der Waals surface area contributed by atoms with Gasteiger partial charge in [0.1, 0.15) is 18.5 Å². The van der Waals surface area contributed by atoms with E-state index < -0.39 is 104 Å². The van der Waals surface area contributed by atoms with Crippen molar-refractivity contribution in [2.75, 3.05) is 23.8 Å². The summed E-state index contributed by atoms with van der Waals surface area (Å²) in [5, 5.41) is 30.1. The number of phosphoric ester groups is 1. The van der Waals surface area contributed by atoms with Crippen LogP contribution in [0.2, 0.25) is 0 Å². The summed E-state index contributed by atoms with van der Waals surface area (Å²) >= 11 is 3.97. The standard InChI is InChI=1S/C42H48BrFN3O14PS/c1-40-12-11-25(48)14-23(40)5-8-26-27-15-31-42(30(50)19-59-62(56,57)58,41(27,2)16-29(49)35(26)40)61-39(60-31)37-36(44)22(20-63-37)13-21-3-6-24(7-4-21)46-38(55)28(9-10-34(53)54)47-33(52)18-45-32(51)17-43/h3-4,6-7,11-12,14,20,26-29,31,35,39,49H,5,8-10,13,15-19H2,1-2H3,(H,45,51)(H,46,55)(H,47,52)(H,53,54)(H2,56,57,58)/t26-,27-,28-,29-,31+,35+,39+,40-,41-,42+/m0/s1. The van der Waals surface area contributed by atoms with Crippen molar-refractivity contribution in [1.82, 2.24) is 10.6 Å². The summed E-state index contributed by atoms with van der Waals surface area (Å²) in [6.45, 7) is 2.39. The topological polar surface area (TPSA) is 264 Å². The van der Waals surface area contributed by atoms with Gasteiger partial charge >= 0.3 is 13.8 Å². The van der Waals surface area contributed by atoms with Gasteiger partial charge in [0.05, 0.1) is 29.0 Å². The van der Waals surface area contributed by atoms with Crippen molar-refractivity contribution in [2.45, 2.75) is 88.9 Å². The number of anilines is 1. The molecule has 7 N–H and O–H groups in total. The Morgan fingerprint density at radius 1 is 1.13 bits per heavy atom. The lowest BCUT2D eigenvalue weighted by atomic mass is 9.46. The quantitative estimate of drug-likeness (QED) is 0.0927. The molecule has 1 aromatic heterocycles. The zero-order valence-corrected chi connectivity index (χ0v) is 37.5. The second kappa shape index (κ2) is 18.1. The van der Waals surface area contributed by atoms with Gasteiger partial charge in [-0.05, 0) is 79.2 Å². The first-order chi connectivity index (χ1) is 29.7. The van der Waals surface area contributed by atoms with Gasteiger partial charge < -0.3 is 45.4 Å². The Labute approximate surface area is 373 Å². The van der Waals surface area contributed by atoms with E-state index in [4.69, 9.17) is 19.1 Å². The Morgan fingerprint density at radius 3 is 2.54 bits per heavy atom. The number of nitrogens with one attached hydrogen (secondary N) is 3. The molecule has 3 amide bonds. The number of thiophene rings is 1. The summed E-state index contributed by atoms with van der Waals surface area (Å²) in [7, 11) is -5.10. The number of ether oxygens (including phenoxy) is 2. The highest BCUT2D eigenvalue weighted by Gasteiger charge is 2.76. The number of allylic oxidation sites excluding steroid dienone is 4. The molecule has 7 rings (SSSR count). The number of fused-ring (bicyclic) bond motifs is 7. The van der Waals surface area contributed by atoms with Crippen LogP contribution in [0.15, 0.2) is 53.4 Å². The van der Waals surface area contributed by atoms with Gasteiger partial charge in [-0.2, -0.15) is 0 Å². The number of aliphatic hydroxyl groups excluding tert-OH is 1. The molecule has 4 aliphatic carbocycles. The van der Waals surface area contributed by atoms with E-state index in [-0.39, 0.29) is 65.0 Å². The van der Waals surface area contributed by atoms with E-state index in [1.54, 1.807) is 35.7 Å². The molecule has 0 unspecified atom stereocenters. The van der Waals surface area contributed by atoms with Gasteiger partial charge in [-0.15, -0.1) is 11.3 Å². The number of aliphatic hydroxyl groups is 1. The van der Waals surface area contributed by atoms with Crippen LogP contribution >= 0.6 is 35.1 Å². The number of amides is 3. The molecule has 0 radical (unpaired) electrons. The predicted molar refractivity (Wildman–Crippen MR) is 226 cm³/mol. The number of hydrogen-bond acceptors (Lipinski definition) is 12. The zero-order valence-electron chi connectivity index (χ0n) is 34.2. The van der Waals surface area contributed by atoms with Crippen molar-refractivity contribution in [2.24, 2.45) is 28.6 Å². The number of phosphoric acid groups is 1. The molecular weight excluding hydrogens is 932 g/mol. The molecule has 2 aromatic rings. The smallest absolute Gasteiger partial charge is 0.470 e. The molecule has 10 atom stereocenters. The molecule has 0 spiro atoms. The molecule has 2 heterocycles. The van der Waals surface area contributed by atoms with Crippen LogP contribution < -0.4 is 16.0 Å². The number of carbonyl (C=O) groups excluding carboxylic acids is 5. The minimum atomic E-state index is -5.10. The number of carboxylic acids is 1. The fraction of sp³-hybridized carbons (Fsp3) is 0.524. The number of Topliss-reactive ketones (excluding diaryl/α,β-unsaturated/α-hetero) is 1. The minimum Gasteiger partial charge on any atom is -0.481 e. The lowest BCUT2D eigenvalue weighted by Gasteiger charge is -2.59. The lowest BCUT2D eigenvalue weighted by molar-refractivity contribution is -0.200. The first-order valence-corrected chi connectivity index (χ1v) is 23.9. The molecule has 3 saturated carbocycles. The minimum absolute atomic E-state index is 0.0363. The number of benzene rings is 1. The fourth-order valence-electron chi connectivity index (χ4n) is 10.8. The third-order valence-electron chi connectivity index (χ3n) is 13.5. The number of ketones is 2. The zero-order chi connectivity index (χ0) is 45.6. The van der Waals surface area contributed by atoms with Gasteiger partial charge in [-0.3, -0.25) is 33.3 Å². The van der Waals surface area contributed by atoms with E-state index in [1.807, 2.05) is 19.9 Å². The molecule has 340 valence electrons. The van der Waals surface area contributed by atoms with Crippen LogP contribution in [-0.4, -0.2) is 97.6 Å². The molecule has 4 fully saturated rings. The highest BCUT2D eigenvalue weighted by Crippen LogP contribution is 2.70. The second-order valence-corrected chi connectivity index (χ2v) is 19.9. The SMILES string of the molecule is C[C@]12C=CC(=O)C=C1CC[C@@H]1[C@@H]2[C@@H](O)C[C@@]2(C)[C@H]1C[C@H]1O[C@@H](c3scc(Cc4ccc(NC(=O)[C@H](CCC(=O)O)NC(=O)CNC(=O)CBr)cc4)c3F)O[C@]12C(=O)COP(=O)(O)O. The Bertz CT molecular complexity index is 2300. The number of carboxylic acid groups (broad SMARTS) is 1. The first kappa shape index (κ1) is 47.0. The van der Waals surface area contributed by atoms with E-state index >= 15 is 4.39 Å². The van der Waals surface area contributed by atoms with Crippen LogP contribution in [0.1, 0.15) is 74.7 Å². The summed E-state index contributed by atoms with van der Waals surface area (Å²) in [4.78, 5) is 94.0. The third-order valence-corrected chi connectivity index (χ3v) is 15.5. The average molecular weight is 981 g/mol. The number of aliphatic carboxylic acids is 1. The largest absolute Gasteiger partial charge is 0.481 e. The van der Waals surface area contributed by atoms with Crippen LogP contribution in [0.25, 0.3) is 0 Å². The van der Waals surface area contributed by atoms with Crippen LogP contribution in [-0.2, 0) is 53.8 Å². The van der Waals surface area contributed by atoms with E-state index in [1.165, 1.54) is 6.08 Å². The Balaban J connectivity index is 1.07. The summed E-state index contributed by atoms with van der Waals surface area (Å²) in [6.07, 6.45) is 2.70. The molecule has 63 heavy (non-hydrogen) atoms. The van der Waals surface area contributed by atoms with Gasteiger partial charge in [0.25, 0.3) is 0 Å². The average Bonchev–Trinajstić information content (AvgIpc) is 3.86. The number of rotatable bonds is 16. The molecule has 17 nitrogen and oxygen atoms in total. The first-order valence-electron chi connectivity index (χ1n) is 20.4. The predicted octanol–water partition coefficient (Wildman–Crippen LogP) is 4.00. The van der Waals surface area contributed by atoms with Gasteiger partial charge in [0, 0.05) is 40.8 Å². The maximum Gasteiger partial charge on any atom is 0.470 e. The Morgan fingerprint density at radius 2 is 1.86 bits per heavy atom. The number of halogens is 2. The van der Waals surface area contributed by atoms with Gasteiger partial charge in [0.15, 0.2) is 23.5 Å². The van der Waals surface area contributed by atoms with Gasteiger partial charge in [-0.25, -0.2) is 8.96 Å². The van der Waals surface area contributed by atoms with Crippen molar-refractivity contribution < 1.29 is 71.7 Å². The maximum atomic E-state index is 16.4. The van der Waals surface area contributed by atoms with Crippen LogP contribution in [0.4, 0.5) is 10.1 Å². The van der Waals surface area contributed by atoms with Crippen LogP contribution in [0.3, 0.4) is 0 Å². The molecule has 5 aliphatic rings. The van der Waals surface area contributed by atoms with Crippen molar-refractivity contribution in [1.29, 1.82) is 0 Å². The summed E-state index contributed by atoms with van der Waals surface area (Å²) in [5.41, 5.74) is -1.45. The molecule has 1 aliphatic heterocycles. The highest BCUT2D eigenvalue weighted by atomic mass is 79.9. The Kier molecular flexibility index (Phi) is 13.5. The Hall–Kier alpha value is -3.98.